The molecule has 0 saturated carbocycles. The van der Waals surface area contributed by atoms with Crippen LogP contribution in [0.15, 0.2) is 50.4 Å². The highest BCUT2D eigenvalue weighted by atomic mass is 19.1. The lowest BCUT2D eigenvalue weighted by molar-refractivity contribution is 0.0957. The van der Waals surface area contributed by atoms with Gasteiger partial charge in [-0.3, -0.25) is 24.0 Å². The van der Waals surface area contributed by atoms with Crippen LogP contribution in [0.2, 0.25) is 0 Å². The van der Waals surface area contributed by atoms with Gasteiger partial charge in [0, 0.05) is 26.8 Å². The molecular formula is C23H27FN4O5. The molecular weight excluding hydrogens is 431 g/mol. The maximum Gasteiger partial charge on any atom is 0.330 e. The van der Waals surface area contributed by atoms with Crippen LogP contribution in [0.3, 0.4) is 0 Å². The summed E-state index contributed by atoms with van der Waals surface area (Å²) in [6, 6.07) is 8.90. The highest BCUT2D eigenvalue weighted by molar-refractivity contribution is 6.05. The lowest BCUT2D eigenvalue weighted by atomic mass is 10.1. The summed E-state index contributed by atoms with van der Waals surface area (Å²) in [6.45, 7) is 4.45. The molecule has 3 aromatic rings. The molecule has 10 heteroatoms. The van der Waals surface area contributed by atoms with E-state index < -0.39 is 23.0 Å². The van der Waals surface area contributed by atoms with E-state index in [1.165, 1.54) is 35.9 Å². The molecule has 176 valence electrons. The second kappa shape index (κ2) is 10.3. The highest BCUT2D eigenvalue weighted by Gasteiger charge is 2.27. The van der Waals surface area contributed by atoms with E-state index in [2.05, 4.69) is 4.98 Å². The van der Waals surface area contributed by atoms with Crippen LogP contribution in [0.1, 0.15) is 30.8 Å². The molecule has 0 bridgehead atoms. The fraction of sp³-hybridized carbons (Fsp3) is 0.348. The first-order valence-corrected chi connectivity index (χ1v) is 10.5. The van der Waals surface area contributed by atoms with Crippen molar-refractivity contribution in [2.24, 2.45) is 5.92 Å². The van der Waals surface area contributed by atoms with Gasteiger partial charge in [-0.05, 0) is 36.6 Å². The SMILES string of the molecule is COCCCN(C(=O)c1ccc(-c2ccccc2F)o1)c1c(N)n(CC(C)C)c(=O)[nH]c1=O. The van der Waals surface area contributed by atoms with E-state index in [0.29, 0.717) is 13.0 Å². The van der Waals surface area contributed by atoms with Crippen molar-refractivity contribution in [2.45, 2.75) is 26.8 Å². The maximum absolute atomic E-state index is 14.1. The van der Waals surface area contributed by atoms with Gasteiger partial charge in [0.2, 0.25) is 0 Å². The van der Waals surface area contributed by atoms with Crippen LogP contribution in [0.25, 0.3) is 11.3 Å². The van der Waals surface area contributed by atoms with Crippen molar-refractivity contribution in [2.75, 3.05) is 30.9 Å². The number of halogens is 1. The number of ether oxygens (including phenoxy) is 1. The second-order valence-electron chi connectivity index (χ2n) is 7.94. The van der Waals surface area contributed by atoms with Crippen molar-refractivity contribution in [3.8, 4) is 11.3 Å². The number of methoxy groups -OCH3 is 1. The summed E-state index contributed by atoms with van der Waals surface area (Å²) in [7, 11) is 1.52. The minimum Gasteiger partial charge on any atom is -0.451 e. The van der Waals surface area contributed by atoms with Crippen LogP contribution >= 0.6 is 0 Å². The highest BCUT2D eigenvalue weighted by Crippen LogP contribution is 2.27. The van der Waals surface area contributed by atoms with Crippen LogP contribution in [0.4, 0.5) is 15.9 Å². The van der Waals surface area contributed by atoms with Gasteiger partial charge in [0.15, 0.2) is 11.4 Å². The van der Waals surface area contributed by atoms with Crippen LogP contribution in [-0.2, 0) is 11.3 Å². The fourth-order valence-corrected chi connectivity index (χ4v) is 3.46. The third-order valence-electron chi connectivity index (χ3n) is 4.96. The first kappa shape index (κ1) is 24.0. The molecule has 3 rings (SSSR count). The Balaban J connectivity index is 2.06. The predicted molar refractivity (Wildman–Crippen MR) is 123 cm³/mol. The molecule has 0 saturated heterocycles. The summed E-state index contributed by atoms with van der Waals surface area (Å²) >= 11 is 0. The quantitative estimate of drug-likeness (QED) is 0.475. The van der Waals surface area contributed by atoms with Crippen molar-refractivity contribution in [1.29, 1.82) is 0 Å². The molecule has 0 unspecified atom stereocenters. The number of hydrogen-bond donors (Lipinski definition) is 2. The number of H-pyrrole nitrogens is 1. The van der Waals surface area contributed by atoms with E-state index in [1.807, 2.05) is 13.8 Å². The predicted octanol–water partition coefficient (Wildman–Crippen LogP) is 2.86. The minimum atomic E-state index is -0.788. The number of nitrogens with two attached hydrogens (primary N) is 1. The Morgan fingerprint density at radius 1 is 1.24 bits per heavy atom. The number of aromatic nitrogens is 2. The Bertz CT molecular complexity index is 1240. The lowest BCUT2D eigenvalue weighted by Crippen LogP contribution is -2.42. The molecule has 0 radical (unpaired) electrons. The Morgan fingerprint density at radius 3 is 2.64 bits per heavy atom. The Morgan fingerprint density at radius 2 is 1.97 bits per heavy atom. The number of carbonyl (C=O) groups is 1. The maximum atomic E-state index is 14.1. The number of furan rings is 1. The Labute approximate surface area is 189 Å². The van der Waals surface area contributed by atoms with Crippen molar-refractivity contribution in [3.05, 3.63) is 68.8 Å². The molecule has 1 aromatic carbocycles. The van der Waals surface area contributed by atoms with Crippen LogP contribution < -0.4 is 21.9 Å². The number of amides is 1. The first-order chi connectivity index (χ1) is 15.7. The van der Waals surface area contributed by atoms with Gasteiger partial charge in [-0.15, -0.1) is 0 Å². The lowest BCUT2D eigenvalue weighted by Gasteiger charge is -2.24. The van der Waals surface area contributed by atoms with E-state index in [-0.39, 0.29) is 47.6 Å². The van der Waals surface area contributed by atoms with Gasteiger partial charge in [-0.1, -0.05) is 26.0 Å². The average Bonchev–Trinajstić information content (AvgIpc) is 3.25. The van der Waals surface area contributed by atoms with Crippen molar-refractivity contribution >= 4 is 17.4 Å². The molecule has 0 spiro atoms. The zero-order chi connectivity index (χ0) is 24.1. The molecule has 0 fully saturated rings. The summed E-state index contributed by atoms with van der Waals surface area (Å²) in [5.41, 5.74) is 4.81. The molecule has 3 N–H and O–H groups in total. The van der Waals surface area contributed by atoms with Gasteiger partial charge in [0.25, 0.3) is 11.5 Å². The second-order valence-corrected chi connectivity index (χ2v) is 7.94. The molecule has 0 aliphatic heterocycles. The monoisotopic (exact) mass is 458 g/mol. The number of nitrogen functional groups attached to an aromatic ring is 1. The van der Waals surface area contributed by atoms with Crippen molar-refractivity contribution < 1.29 is 18.3 Å². The molecule has 2 heterocycles. The Kier molecular flexibility index (Phi) is 7.49. The van der Waals surface area contributed by atoms with Gasteiger partial charge < -0.3 is 14.9 Å². The zero-order valence-electron chi connectivity index (χ0n) is 18.8. The third-order valence-corrected chi connectivity index (χ3v) is 4.96. The van der Waals surface area contributed by atoms with Crippen LogP contribution in [-0.4, -0.2) is 35.7 Å². The van der Waals surface area contributed by atoms with Gasteiger partial charge in [0.05, 0.1) is 5.56 Å². The molecule has 1 amide bonds. The Hall–Kier alpha value is -3.66. The van der Waals surface area contributed by atoms with E-state index in [9.17, 15) is 18.8 Å². The molecule has 2 aromatic heterocycles. The number of carbonyl (C=O) groups excluding carboxylic acids is 1. The fourth-order valence-electron chi connectivity index (χ4n) is 3.46. The van der Waals surface area contributed by atoms with E-state index in [1.54, 1.807) is 12.1 Å². The third kappa shape index (κ3) is 5.23. The van der Waals surface area contributed by atoms with Gasteiger partial charge >= 0.3 is 5.69 Å². The molecule has 0 aliphatic carbocycles. The molecule has 9 nitrogen and oxygen atoms in total. The minimum absolute atomic E-state index is 0.0646. The average molecular weight is 458 g/mol. The standard InChI is InChI=1S/C23H27FN4O5/c1-14(2)13-28-20(25)19(21(29)26-23(28)31)27(11-6-12-32-3)22(30)18-10-9-17(33-18)15-7-4-5-8-16(15)24/h4-5,7-10,14H,6,11-13,25H2,1-3H3,(H,26,29,31). The molecule has 33 heavy (non-hydrogen) atoms. The topological polar surface area (TPSA) is 124 Å². The first-order valence-electron chi connectivity index (χ1n) is 10.5. The number of nitrogens with one attached hydrogen (secondary N) is 1. The van der Waals surface area contributed by atoms with Crippen LogP contribution in [0.5, 0.6) is 0 Å². The number of nitrogens with zero attached hydrogens (tertiary/aromatic N) is 2. The smallest absolute Gasteiger partial charge is 0.330 e. The molecule has 0 aliphatic rings. The molecule has 0 atom stereocenters. The van der Waals surface area contributed by atoms with Crippen LogP contribution in [0, 0.1) is 11.7 Å². The van der Waals surface area contributed by atoms with Crippen molar-refractivity contribution in [1.82, 2.24) is 9.55 Å². The summed E-state index contributed by atoms with van der Waals surface area (Å²) in [5.74, 6) is -1.14. The summed E-state index contributed by atoms with van der Waals surface area (Å²) in [4.78, 5) is 41.8. The van der Waals surface area contributed by atoms with Gasteiger partial charge in [0.1, 0.15) is 17.4 Å². The number of anilines is 2. The normalized spacial score (nSPS) is 11.2. The van der Waals surface area contributed by atoms with Gasteiger partial charge in [-0.2, -0.15) is 0 Å². The number of rotatable bonds is 9. The number of benzene rings is 1. The van der Waals surface area contributed by atoms with E-state index in [4.69, 9.17) is 14.9 Å². The number of hydrogen-bond acceptors (Lipinski definition) is 6. The van der Waals surface area contributed by atoms with Crippen molar-refractivity contribution in [3.63, 3.8) is 0 Å². The summed E-state index contributed by atoms with van der Waals surface area (Å²) in [5, 5.41) is 0. The zero-order valence-corrected chi connectivity index (χ0v) is 18.8. The largest absolute Gasteiger partial charge is 0.451 e. The van der Waals surface area contributed by atoms with E-state index >= 15 is 0 Å². The summed E-state index contributed by atoms with van der Waals surface area (Å²) in [6.07, 6.45) is 0.394. The summed E-state index contributed by atoms with van der Waals surface area (Å²) < 4.78 is 26.1. The van der Waals surface area contributed by atoms with E-state index in [0.717, 1.165) is 4.90 Å². The van der Waals surface area contributed by atoms with Gasteiger partial charge in [-0.25, -0.2) is 9.18 Å². The number of aromatic amines is 1.